The van der Waals surface area contributed by atoms with Gasteiger partial charge in [-0.3, -0.25) is 10.1 Å². The molecule has 3 rings (SSSR count). The van der Waals surface area contributed by atoms with Gasteiger partial charge in [0.25, 0.3) is 0 Å². The molecule has 1 aromatic heterocycles. The van der Waals surface area contributed by atoms with Gasteiger partial charge in [0.05, 0.1) is 10.4 Å². The van der Waals surface area contributed by atoms with Gasteiger partial charge < -0.3 is 5.32 Å². The second-order valence-electron chi connectivity index (χ2n) is 4.58. The van der Waals surface area contributed by atoms with Crippen molar-refractivity contribution < 1.29 is 4.92 Å². The number of benzene rings is 1. The summed E-state index contributed by atoms with van der Waals surface area (Å²) in [5.74, 6) is 0. The Hall–Kier alpha value is -2.43. The van der Waals surface area contributed by atoms with Gasteiger partial charge in [-0.25, -0.2) is 4.98 Å². The molecule has 0 bridgehead atoms. The van der Waals surface area contributed by atoms with Crippen molar-refractivity contribution in [2.45, 2.75) is 18.9 Å². The van der Waals surface area contributed by atoms with E-state index in [1.54, 1.807) is 0 Å². The van der Waals surface area contributed by atoms with Crippen molar-refractivity contribution in [3.05, 3.63) is 52.7 Å². The third-order valence-corrected chi connectivity index (χ3v) is 3.31. The average molecular weight is 255 g/mol. The molecule has 5 heteroatoms. The summed E-state index contributed by atoms with van der Waals surface area (Å²) in [6.45, 7) is 0. The lowest BCUT2D eigenvalue weighted by atomic mass is 10.1. The van der Waals surface area contributed by atoms with Crippen LogP contribution < -0.4 is 5.32 Å². The minimum atomic E-state index is -0.385. The maximum Gasteiger partial charge on any atom is 0.311 e. The number of anilines is 1. The summed E-state index contributed by atoms with van der Waals surface area (Å²) in [7, 11) is 0. The number of aromatic nitrogens is 1. The van der Waals surface area contributed by atoms with Crippen molar-refractivity contribution in [2.75, 3.05) is 5.32 Å². The van der Waals surface area contributed by atoms with Crippen LogP contribution in [0.15, 0.2) is 42.6 Å². The van der Waals surface area contributed by atoms with Crippen molar-refractivity contribution in [1.29, 1.82) is 0 Å². The Morgan fingerprint density at radius 2 is 2.00 bits per heavy atom. The molecule has 1 heterocycles. The lowest BCUT2D eigenvalue weighted by Gasteiger charge is -2.15. The van der Waals surface area contributed by atoms with Gasteiger partial charge in [0.1, 0.15) is 11.9 Å². The predicted octanol–water partition coefficient (Wildman–Crippen LogP) is 3.27. The van der Waals surface area contributed by atoms with Crippen LogP contribution in [0.3, 0.4) is 0 Å². The Morgan fingerprint density at radius 3 is 2.74 bits per heavy atom. The molecule has 5 nitrogen and oxygen atoms in total. The molecule has 0 aliphatic heterocycles. The topological polar surface area (TPSA) is 68.1 Å². The fourth-order valence-electron chi connectivity index (χ4n) is 2.36. The normalized spacial score (nSPS) is 14.9. The number of para-hydroxylation sites is 1. The second kappa shape index (κ2) is 4.68. The smallest absolute Gasteiger partial charge is 0.311 e. The molecule has 1 N–H and O–H groups in total. The summed E-state index contributed by atoms with van der Waals surface area (Å²) in [6, 6.07) is 7.69. The Bertz CT molecular complexity index is 659. The van der Waals surface area contributed by atoms with E-state index in [1.165, 1.54) is 6.20 Å². The van der Waals surface area contributed by atoms with E-state index in [4.69, 9.17) is 0 Å². The molecule has 1 aromatic carbocycles. The summed E-state index contributed by atoms with van der Waals surface area (Å²) in [5, 5.41) is 15.2. The van der Waals surface area contributed by atoms with Crippen LogP contribution >= 0.6 is 0 Å². The Labute approximate surface area is 110 Å². The number of nitrogens with zero attached hydrogens (tertiary/aromatic N) is 2. The van der Waals surface area contributed by atoms with E-state index < -0.39 is 0 Å². The van der Waals surface area contributed by atoms with Gasteiger partial charge >= 0.3 is 5.69 Å². The molecule has 0 fully saturated rings. The number of rotatable bonds is 3. The summed E-state index contributed by atoms with van der Waals surface area (Å²) < 4.78 is 0. The highest BCUT2D eigenvalue weighted by molar-refractivity contribution is 5.95. The molecule has 19 heavy (non-hydrogen) atoms. The van der Waals surface area contributed by atoms with E-state index in [0.29, 0.717) is 5.69 Å². The fraction of sp³-hybridized carbons (Fsp3) is 0.214. The van der Waals surface area contributed by atoms with Crippen LogP contribution in [0.2, 0.25) is 0 Å². The molecule has 1 aliphatic rings. The van der Waals surface area contributed by atoms with Gasteiger partial charge in [0.2, 0.25) is 0 Å². The van der Waals surface area contributed by atoms with Crippen LogP contribution in [0.1, 0.15) is 12.8 Å². The molecular weight excluding hydrogens is 242 g/mol. The molecule has 0 atom stereocenters. The first-order valence-electron chi connectivity index (χ1n) is 6.19. The van der Waals surface area contributed by atoms with Gasteiger partial charge in [-0.15, -0.1) is 0 Å². The van der Waals surface area contributed by atoms with Crippen molar-refractivity contribution in [1.82, 2.24) is 4.98 Å². The number of nitrogens with one attached hydrogen (secondary N) is 1. The van der Waals surface area contributed by atoms with E-state index in [2.05, 4.69) is 22.5 Å². The summed E-state index contributed by atoms with van der Waals surface area (Å²) >= 11 is 0. The minimum absolute atomic E-state index is 0.0330. The maximum atomic E-state index is 11.1. The highest BCUT2D eigenvalue weighted by atomic mass is 16.6. The molecule has 0 saturated carbocycles. The molecule has 2 aromatic rings. The molecule has 0 radical (unpaired) electrons. The zero-order valence-electron chi connectivity index (χ0n) is 10.2. The average Bonchev–Trinajstić information content (AvgIpc) is 2.92. The standard InChI is InChI=1S/C14H13N3O2/c18-17(19)13-9-15-12-8-4-3-7-11(12)14(13)16-10-5-1-2-6-10/h1-4,7-10H,5-6H2,(H,15,16). The Kier molecular flexibility index (Phi) is 2.87. The quantitative estimate of drug-likeness (QED) is 0.519. The zero-order valence-corrected chi connectivity index (χ0v) is 10.2. The largest absolute Gasteiger partial charge is 0.376 e. The second-order valence-corrected chi connectivity index (χ2v) is 4.58. The molecule has 0 amide bonds. The van der Waals surface area contributed by atoms with Crippen molar-refractivity contribution >= 4 is 22.3 Å². The van der Waals surface area contributed by atoms with E-state index in [9.17, 15) is 10.1 Å². The molecular formula is C14H13N3O2. The van der Waals surface area contributed by atoms with Crippen LogP contribution in [0.4, 0.5) is 11.4 Å². The lowest BCUT2D eigenvalue weighted by molar-refractivity contribution is -0.384. The molecule has 0 spiro atoms. The number of pyridine rings is 1. The van der Waals surface area contributed by atoms with E-state index in [1.807, 2.05) is 24.3 Å². The third-order valence-electron chi connectivity index (χ3n) is 3.31. The monoisotopic (exact) mass is 255 g/mol. The molecule has 0 saturated heterocycles. The number of hydrogen-bond donors (Lipinski definition) is 1. The third kappa shape index (κ3) is 2.14. The van der Waals surface area contributed by atoms with E-state index in [0.717, 1.165) is 23.7 Å². The highest BCUT2D eigenvalue weighted by Crippen LogP contribution is 2.33. The Balaban J connectivity index is 2.11. The first-order chi connectivity index (χ1) is 9.25. The summed E-state index contributed by atoms with van der Waals surface area (Å²) in [5.41, 5.74) is 1.37. The molecule has 96 valence electrons. The van der Waals surface area contributed by atoms with Crippen LogP contribution in [0.25, 0.3) is 10.9 Å². The van der Waals surface area contributed by atoms with Crippen LogP contribution in [-0.2, 0) is 0 Å². The maximum absolute atomic E-state index is 11.1. The fourth-order valence-corrected chi connectivity index (χ4v) is 2.36. The molecule has 0 unspecified atom stereocenters. The highest BCUT2D eigenvalue weighted by Gasteiger charge is 2.21. The minimum Gasteiger partial charge on any atom is -0.376 e. The summed E-state index contributed by atoms with van der Waals surface area (Å²) in [4.78, 5) is 14.9. The van der Waals surface area contributed by atoms with Gasteiger partial charge in [-0.05, 0) is 18.9 Å². The summed E-state index contributed by atoms with van der Waals surface area (Å²) in [6.07, 6.45) is 7.30. The predicted molar refractivity (Wildman–Crippen MR) is 74.2 cm³/mol. The number of hydrogen-bond acceptors (Lipinski definition) is 4. The van der Waals surface area contributed by atoms with Gasteiger partial charge in [0, 0.05) is 11.4 Å². The van der Waals surface area contributed by atoms with Crippen molar-refractivity contribution in [3.63, 3.8) is 0 Å². The first-order valence-corrected chi connectivity index (χ1v) is 6.19. The molecule has 1 aliphatic carbocycles. The zero-order chi connectivity index (χ0) is 13.2. The lowest BCUT2D eigenvalue weighted by Crippen LogP contribution is -2.16. The number of fused-ring (bicyclic) bond motifs is 1. The van der Waals surface area contributed by atoms with Gasteiger partial charge in [-0.1, -0.05) is 30.4 Å². The Morgan fingerprint density at radius 1 is 1.26 bits per heavy atom. The van der Waals surface area contributed by atoms with Gasteiger partial charge in [-0.2, -0.15) is 0 Å². The van der Waals surface area contributed by atoms with Crippen molar-refractivity contribution in [2.24, 2.45) is 0 Å². The number of nitro groups is 1. The first kappa shape index (κ1) is 11.6. The van der Waals surface area contributed by atoms with Crippen LogP contribution in [-0.4, -0.2) is 15.9 Å². The van der Waals surface area contributed by atoms with Gasteiger partial charge in [0.15, 0.2) is 0 Å². The van der Waals surface area contributed by atoms with E-state index in [-0.39, 0.29) is 16.7 Å². The van der Waals surface area contributed by atoms with E-state index >= 15 is 0 Å². The van der Waals surface area contributed by atoms with Crippen LogP contribution in [0, 0.1) is 10.1 Å². The SMILES string of the molecule is O=[N+]([O-])c1cnc2ccccc2c1NC1CC=CC1. The van der Waals surface area contributed by atoms with Crippen LogP contribution in [0.5, 0.6) is 0 Å². The van der Waals surface area contributed by atoms with Crippen molar-refractivity contribution in [3.8, 4) is 0 Å².